The molecule has 0 aliphatic rings. The zero-order chi connectivity index (χ0) is 17.5. The predicted molar refractivity (Wildman–Crippen MR) is 91.3 cm³/mol. The number of nitrogens with zero attached hydrogens (tertiary/aromatic N) is 2. The Labute approximate surface area is 148 Å². The third kappa shape index (κ3) is 4.77. The van der Waals surface area contributed by atoms with Crippen LogP contribution in [0.5, 0.6) is 11.6 Å². The zero-order valence-corrected chi connectivity index (χ0v) is 14.2. The normalized spacial score (nSPS) is 10.1. The number of carbonyl (C=O) groups is 1. The van der Waals surface area contributed by atoms with Gasteiger partial charge in [0.05, 0.1) is 11.6 Å². The maximum Gasteiger partial charge on any atom is 0.276 e. The number of benzene rings is 1. The highest BCUT2D eigenvalue weighted by atomic mass is 35.5. The number of hydrazine groups is 1. The fourth-order valence-electron chi connectivity index (χ4n) is 1.63. The molecule has 2 aromatic rings. The summed E-state index contributed by atoms with van der Waals surface area (Å²) in [6.45, 7) is 1.94. The minimum absolute atomic E-state index is 0.182. The van der Waals surface area contributed by atoms with Crippen LogP contribution in [0.3, 0.4) is 0 Å². The summed E-state index contributed by atoms with van der Waals surface area (Å²) in [6.07, 6.45) is 1.26. The fraction of sp³-hybridized carbons (Fsp3) is 0.214. The van der Waals surface area contributed by atoms with Crippen LogP contribution in [0.4, 0.5) is 11.5 Å². The van der Waals surface area contributed by atoms with Gasteiger partial charge in [0.1, 0.15) is 17.8 Å². The molecule has 10 heteroatoms. The molecule has 0 saturated heterocycles. The summed E-state index contributed by atoms with van der Waals surface area (Å²) in [5, 5.41) is 0.785. The largest absolute Gasteiger partial charge is 0.482 e. The van der Waals surface area contributed by atoms with Gasteiger partial charge in [-0.3, -0.25) is 15.6 Å². The van der Waals surface area contributed by atoms with E-state index in [-0.39, 0.29) is 24.0 Å². The van der Waals surface area contributed by atoms with Crippen LogP contribution >= 0.6 is 23.2 Å². The Balaban J connectivity index is 1.88. The molecule has 0 saturated carbocycles. The van der Waals surface area contributed by atoms with Gasteiger partial charge in [-0.15, -0.1) is 0 Å². The zero-order valence-electron chi connectivity index (χ0n) is 12.7. The molecule has 1 aromatic carbocycles. The highest BCUT2D eigenvalue weighted by Crippen LogP contribution is 2.27. The van der Waals surface area contributed by atoms with Crippen LogP contribution in [-0.4, -0.2) is 29.1 Å². The Morgan fingerprint density at radius 1 is 1.29 bits per heavy atom. The van der Waals surface area contributed by atoms with Gasteiger partial charge in [0.2, 0.25) is 5.88 Å². The van der Waals surface area contributed by atoms with E-state index in [4.69, 9.17) is 38.4 Å². The first-order valence-corrected chi connectivity index (χ1v) is 7.62. The second-order valence-electron chi connectivity index (χ2n) is 4.41. The number of nitrogens with two attached hydrogens (primary N) is 1. The molecule has 0 unspecified atom stereocenters. The van der Waals surface area contributed by atoms with Gasteiger partial charge in [0.25, 0.3) is 5.91 Å². The van der Waals surface area contributed by atoms with Crippen molar-refractivity contribution >= 4 is 40.6 Å². The van der Waals surface area contributed by atoms with E-state index in [0.29, 0.717) is 22.4 Å². The molecule has 0 atom stereocenters. The highest BCUT2D eigenvalue weighted by Gasteiger charge is 2.11. The van der Waals surface area contributed by atoms with Crippen molar-refractivity contribution in [3.8, 4) is 11.6 Å². The van der Waals surface area contributed by atoms with Crippen LogP contribution in [-0.2, 0) is 4.79 Å². The van der Waals surface area contributed by atoms with Crippen LogP contribution in [0.1, 0.15) is 6.92 Å². The van der Waals surface area contributed by atoms with Crippen molar-refractivity contribution in [2.24, 2.45) is 0 Å². The topological polar surface area (TPSA) is 111 Å². The molecule has 0 bridgehead atoms. The molecule has 0 radical (unpaired) electrons. The third-order valence-corrected chi connectivity index (χ3v) is 3.23. The molecular formula is C14H15Cl2N5O3. The predicted octanol–water partition coefficient (Wildman–Crippen LogP) is 2.29. The summed E-state index contributed by atoms with van der Waals surface area (Å²) in [4.78, 5) is 19.6. The van der Waals surface area contributed by atoms with E-state index in [0.717, 1.165) is 0 Å². The van der Waals surface area contributed by atoms with Gasteiger partial charge in [-0.05, 0) is 25.1 Å². The van der Waals surface area contributed by atoms with Crippen molar-refractivity contribution in [2.45, 2.75) is 6.92 Å². The molecule has 0 aliphatic heterocycles. The maximum atomic E-state index is 11.8. The number of rotatable bonds is 7. The first-order chi connectivity index (χ1) is 11.5. The average molecular weight is 372 g/mol. The number of anilines is 2. The van der Waals surface area contributed by atoms with Crippen molar-refractivity contribution in [2.75, 3.05) is 24.4 Å². The van der Waals surface area contributed by atoms with Gasteiger partial charge >= 0.3 is 0 Å². The van der Waals surface area contributed by atoms with Gasteiger partial charge in [0.15, 0.2) is 12.4 Å². The van der Waals surface area contributed by atoms with Gasteiger partial charge in [0, 0.05) is 5.02 Å². The monoisotopic (exact) mass is 371 g/mol. The first-order valence-electron chi connectivity index (χ1n) is 6.87. The summed E-state index contributed by atoms with van der Waals surface area (Å²) in [7, 11) is 0. The number of hydrogen-bond donors (Lipinski definition) is 3. The van der Waals surface area contributed by atoms with Crippen molar-refractivity contribution in [3.05, 3.63) is 34.6 Å². The molecule has 24 heavy (non-hydrogen) atoms. The SMILES string of the molecule is CCOc1ncnc(NNC(=O)COc2ccc(Cl)cc2Cl)c1N. The second-order valence-corrected chi connectivity index (χ2v) is 5.25. The van der Waals surface area contributed by atoms with Crippen LogP contribution in [0.25, 0.3) is 0 Å². The van der Waals surface area contributed by atoms with Crippen molar-refractivity contribution < 1.29 is 14.3 Å². The maximum absolute atomic E-state index is 11.8. The van der Waals surface area contributed by atoms with Crippen LogP contribution in [0.2, 0.25) is 10.0 Å². The minimum Gasteiger partial charge on any atom is -0.482 e. The van der Waals surface area contributed by atoms with Crippen LogP contribution in [0, 0.1) is 0 Å². The molecule has 0 fully saturated rings. The molecule has 0 aliphatic carbocycles. The smallest absolute Gasteiger partial charge is 0.276 e. The van der Waals surface area contributed by atoms with E-state index in [9.17, 15) is 4.79 Å². The Hall–Kier alpha value is -2.45. The number of aromatic nitrogens is 2. The Morgan fingerprint density at radius 3 is 2.79 bits per heavy atom. The van der Waals surface area contributed by atoms with Crippen molar-refractivity contribution in [3.63, 3.8) is 0 Å². The quantitative estimate of drug-likeness (QED) is 0.640. The molecule has 8 nitrogen and oxygen atoms in total. The summed E-state index contributed by atoms with van der Waals surface area (Å²) < 4.78 is 10.5. The highest BCUT2D eigenvalue weighted by molar-refractivity contribution is 6.35. The molecule has 1 aromatic heterocycles. The summed E-state index contributed by atoms with van der Waals surface area (Å²) in [5.74, 6) is 0.327. The fourth-order valence-corrected chi connectivity index (χ4v) is 2.09. The lowest BCUT2D eigenvalue weighted by atomic mass is 10.3. The Morgan fingerprint density at radius 2 is 2.08 bits per heavy atom. The number of hydrogen-bond acceptors (Lipinski definition) is 7. The Kier molecular flexibility index (Phi) is 6.28. The molecule has 4 N–H and O–H groups in total. The van der Waals surface area contributed by atoms with Gasteiger partial charge in [-0.25, -0.2) is 4.98 Å². The van der Waals surface area contributed by atoms with Crippen molar-refractivity contribution in [1.82, 2.24) is 15.4 Å². The molecular weight excluding hydrogens is 357 g/mol. The summed E-state index contributed by atoms with van der Waals surface area (Å²) in [5.41, 5.74) is 11.0. The van der Waals surface area contributed by atoms with Gasteiger partial charge in [-0.2, -0.15) is 4.98 Å². The Bertz CT molecular complexity index is 730. The number of halogens is 2. The molecule has 2 rings (SSSR count). The second kappa shape index (κ2) is 8.42. The number of amides is 1. The van der Waals surface area contributed by atoms with E-state index < -0.39 is 5.91 Å². The lowest BCUT2D eigenvalue weighted by Crippen LogP contribution is -2.34. The van der Waals surface area contributed by atoms with E-state index in [1.54, 1.807) is 19.1 Å². The molecule has 1 amide bonds. The first kappa shape index (κ1) is 17.9. The number of ether oxygens (including phenoxy) is 2. The van der Waals surface area contributed by atoms with Gasteiger partial charge in [-0.1, -0.05) is 23.2 Å². The number of carbonyl (C=O) groups excluding carboxylic acids is 1. The number of nitrogens with one attached hydrogen (secondary N) is 2. The van der Waals surface area contributed by atoms with Gasteiger partial charge < -0.3 is 15.2 Å². The lowest BCUT2D eigenvalue weighted by molar-refractivity contribution is -0.122. The molecule has 128 valence electrons. The lowest BCUT2D eigenvalue weighted by Gasteiger charge is -2.12. The van der Waals surface area contributed by atoms with Crippen LogP contribution < -0.4 is 26.1 Å². The van der Waals surface area contributed by atoms with E-state index in [2.05, 4.69) is 20.8 Å². The number of nitrogen functional groups attached to an aromatic ring is 1. The standard InChI is InChI=1S/C14H15Cl2N5O3/c1-2-23-14-12(17)13(18-7-19-14)21-20-11(22)6-24-10-4-3-8(15)5-9(10)16/h3-5,7H,2,6,17H2,1H3,(H,20,22)(H,18,19,21). The summed E-state index contributed by atoms with van der Waals surface area (Å²) >= 11 is 11.7. The van der Waals surface area contributed by atoms with E-state index >= 15 is 0 Å². The van der Waals surface area contributed by atoms with Crippen LogP contribution in [0.15, 0.2) is 24.5 Å². The van der Waals surface area contributed by atoms with Crippen molar-refractivity contribution in [1.29, 1.82) is 0 Å². The molecule has 0 spiro atoms. The van der Waals surface area contributed by atoms with E-state index in [1.165, 1.54) is 12.4 Å². The summed E-state index contributed by atoms with van der Waals surface area (Å²) in [6, 6.07) is 4.70. The average Bonchev–Trinajstić information content (AvgIpc) is 2.55. The van der Waals surface area contributed by atoms with E-state index in [1.807, 2.05) is 0 Å². The third-order valence-electron chi connectivity index (χ3n) is 2.70. The molecule has 1 heterocycles. The minimum atomic E-state index is -0.461.